The van der Waals surface area contributed by atoms with Crippen LogP contribution >= 0.6 is 23.2 Å². The summed E-state index contributed by atoms with van der Waals surface area (Å²) in [6, 6.07) is 4.83. The van der Waals surface area contributed by atoms with E-state index in [1.807, 2.05) is 0 Å². The zero-order chi connectivity index (χ0) is 17.5. The van der Waals surface area contributed by atoms with Gasteiger partial charge < -0.3 is 15.0 Å². The number of nitrogens with zero attached hydrogens (tertiary/aromatic N) is 2. The van der Waals surface area contributed by atoms with E-state index in [1.165, 1.54) is 11.8 Å². The van der Waals surface area contributed by atoms with Crippen LogP contribution in [0.2, 0.25) is 10.0 Å². The standard InChI is InChI=1S/C16H21Cl2N3O3/c1-12(22)21(5-4-20-6-8-24-9-7-20)11-16(23)19-15-3-2-13(17)10-14(15)18/h2-3,10H,4-9,11H2,1H3,(H,19,23). The molecule has 1 N–H and O–H groups in total. The third kappa shape index (κ3) is 5.94. The third-order valence-electron chi connectivity index (χ3n) is 3.77. The predicted octanol–water partition coefficient (Wildman–Crippen LogP) is 2.11. The molecule has 2 amide bonds. The van der Waals surface area contributed by atoms with Crippen LogP contribution in [0.4, 0.5) is 5.69 Å². The quantitative estimate of drug-likeness (QED) is 0.829. The summed E-state index contributed by atoms with van der Waals surface area (Å²) in [5.74, 6) is -0.433. The summed E-state index contributed by atoms with van der Waals surface area (Å²) in [5, 5.41) is 3.56. The summed E-state index contributed by atoms with van der Waals surface area (Å²) in [4.78, 5) is 27.7. The van der Waals surface area contributed by atoms with Crippen LogP contribution in [0.25, 0.3) is 0 Å². The predicted molar refractivity (Wildman–Crippen MR) is 94.6 cm³/mol. The number of anilines is 1. The maximum atomic E-state index is 12.2. The summed E-state index contributed by atoms with van der Waals surface area (Å²) in [7, 11) is 0. The molecular weight excluding hydrogens is 353 g/mol. The molecule has 24 heavy (non-hydrogen) atoms. The van der Waals surface area contributed by atoms with Crippen LogP contribution in [0.3, 0.4) is 0 Å². The molecule has 1 aliphatic rings. The van der Waals surface area contributed by atoms with E-state index in [0.29, 0.717) is 35.5 Å². The minimum atomic E-state index is -0.295. The van der Waals surface area contributed by atoms with Gasteiger partial charge in [-0.25, -0.2) is 0 Å². The van der Waals surface area contributed by atoms with Gasteiger partial charge in [-0.1, -0.05) is 23.2 Å². The highest BCUT2D eigenvalue weighted by atomic mass is 35.5. The molecule has 0 atom stereocenters. The SMILES string of the molecule is CC(=O)N(CCN1CCOCC1)CC(=O)Nc1ccc(Cl)cc1Cl. The van der Waals surface area contributed by atoms with E-state index in [1.54, 1.807) is 18.2 Å². The Hall–Kier alpha value is -1.34. The highest BCUT2D eigenvalue weighted by Crippen LogP contribution is 2.25. The summed E-state index contributed by atoms with van der Waals surface area (Å²) in [6.45, 7) is 5.76. The van der Waals surface area contributed by atoms with E-state index in [2.05, 4.69) is 10.2 Å². The molecule has 0 unspecified atom stereocenters. The molecule has 0 radical (unpaired) electrons. The molecule has 0 bridgehead atoms. The van der Waals surface area contributed by atoms with Crippen molar-refractivity contribution in [2.24, 2.45) is 0 Å². The van der Waals surface area contributed by atoms with Gasteiger partial charge in [0.2, 0.25) is 11.8 Å². The molecule has 8 heteroatoms. The highest BCUT2D eigenvalue weighted by Gasteiger charge is 2.17. The van der Waals surface area contributed by atoms with Crippen molar-refractivity contribution in [3.8, 4) is 0 Å². The number of ether oxygens (including phenoxy) is 1. The van der Waals surface area contributed by atoms with Crippen LogP contribution in [0, 0.1) is 0 Å². The summed E-state index contributed by atoms with van der Waals surface area (Å²) >= 11 is 11.9. The third-order valence-corrected chi connectivity index (χ3v) is 4.32. The fourth-order valence-electron chi connectivity index (χ4n) is 2.39. The first-order valence-corrected chi connectivity index (χ1v) is 8.52. The maximum absolute atomic E-state index is 12.2. The van der Waals surface area contributed by atoms with Crippen LogP contribution in [0.5, 0.6) is 0 Å². The number of carbonyl (C=O) groups is 2. The van der Waals surface area contributed by atoms with Gasteiger partial charge in [0.25, 0.3) is 0 Å². The number of nitrogens with one attached hydrogen (secondary N) is 1. The van der Waals surface area contributed by atoms with Crippen molar-refractivity contribution in [2.45, 2.75) is 6.92 Å². The molecule has 6 nitrogen and oxygen atoms in total. The van der Waals surface area contributed by atoms with Crippen LogP contribution in [0.1, 0.15) is 6.92 Å². The molecule has 0 aliphatic carbocycles. The lowest BCUT2D eigenvalue weighted by Gasteiger charge is -2.29. The zero-order valence-electron chi connectivity index (χ0n) is 13.6. The Balaban J connectivity index is 1.86. The van der Waals surface area contributed by atoms with Crippen LogP contribution in [-0.4, -0.2) is 67.6 Å². The number of hydrogen-bond acceptors (Lipinski definition) is 4. The second kappa shape index (κ2) is 9.22. The number of morpholine rings is 1. The van der Waals surface area contributed by atoms with E-state index in [0.717, 1.165) is 19.6 Å². The lowest BCUT2D eigenvalue weighted by Crippen LogP contribution is -2.44. The summed E-state index contributed by atoms with van der Waals surface area (Å²) in [6.07, 6.45) is 0. The molecule has 1 aromatic carbocycles. The van der Waals surface area contributed by atoms with E-state index in [-0.39, 0.29) is 18.4 Å². The smallest absolute Gasteiger partial charge is 0.244 e. The number of benzene rings is 1. The lowest BCUT2D eigenvalue weighted by atomic mass is 10.3. The Labute approximate surface area is 151 Å². The number of carbonyl (C=O) groups excluding carboxylic acids is 2. The maximum Gasteiger partial charge on any atom is 0.244 e. The van der Waals surface area contributed by atoms with Gasteiger partial charge in [0.05, 0.1) is 30.5 Å². The molecule has 132 valence electrons. The number of rotatable bonds is 6. The van der Waals surface area contributed by atoms with Crippen LogP contribution in [0.15, 0.2) is 18.2 Å². The minimum Gasteiger partial charge on any atom is -0.379 e. The van der Waals surface area contributed by atoms with Crippen molar-refractivity contribution in [1.82, 2.24) is 9.80 Å². The van der Waals surface area contributed by atoms with E-state index >= 15 is 0 Å². The second-order valence-electron chi connectivity index (χ2n) is 5.57. The molecular formula is C16H21Cl2N3O3. The van der Waals surface area contributed by atoms with Crippen molar-refractivity contribution >= 4 is 40.7 Å². The largest absolute Gasteiger partial charge is 0.379 e. The van der Waals surface area contributed by atoms with Crippen molar-refractivity contribution < 1.29 is 14.3 Å². The Morgan fingerprint density at radius 3 is 2.62 bits per heavy atom. The fraction of sp³-hybridized carbons (Fsp3) is 0.500. The monoisotopic (exact) mass is 373 g/mol. The molecule has 1 saturated heterocycles. The second-order valence-corrected chi connectivity index (χ2v) is 6.41. The van der Waals surface area contributed by atoms with Gasteiger partial charge in [0.1, 0.15) is 0 Å². The van der Waals surface area contributed by atoms with Gasteiger partial charge in [0.15, 0.2) is 0 Å². The molecule has 0 aromatic heterocycles. The molecule has 1 aliphatic heterocycles. The van der Waals surface area contributed by atoms with Crippen LogP contribution in [-0.2, 0) is 14.3 Å². The van der Waals surface area contributed by atoms with Crippen molar-refractivity contribution in [1.29, 1.82) is 0 Å². The molecule has 2 rings (SSSR count). The van der Waals surface area contributed by atoms with E-state index in [9.17, 15) is 9.59 Å². The average molecular weight is 374 g/mol. The molecule has 1 fully saturated rings. The summed E-state index contributed by atoms with van der Waals surface area (Å²) < 4.78 is 5.30. The van der Waals surface area contributed by atoms with E-state index in [4.69, 9.17) is 27.9 Å². The Morgan fingerprint density at radius 2 is 2.00 bits per heavy atom. The fourth-order valence-corrected chi connectivity index (χ4v) is 2.84. The molecule has 0 saturated carbocycles. The first-order chi connectivity index (χ1) is 11.5. The van der Waals surface area contributed by atoms with Gasteiger partial charge in [-0.2, -0.15) is 0 Å². The van der Waals surface area contributed by atoms with Crippen molar-refractivity contribution in [2.75, 3.05) is 51.3 Å². The minimum absolute atomic E-state index is 0.0152. The first-order valence-electron chi connectivity index (χ1n) is 7.76. The molecule has 0 spiro atoms. The Kier molecular flexibility index (Phi) is 7.30. The molecule has 1 heterocycles. The van der Waals surface area contributed by atoms with Gasteiger partial charge in [-0.3, -0.25) is 14.5 Å². The highest BCUT2D eigenvalue weighted by molar-refractivity contribution is 6.36. The number of hydrogen-bond donors (Lipinski definition) is 1. The van der Waals surface area contributed by atoms with Crippen LogP contribution < -0.4 is 5.32 Å². The number of halogens is 2. The first kappa shape index (κ1) is 19.0. The Bertz CT molecular complexity index is 592. The van der Waals surface area contributed by atoms with E-state index < -0.39 is 0 Å². The van der Waals surface area contributed by atoms with Gasteiger partial charge in [-0.15, -0.1) is 0 Å². The van der Waals surface area contributed by atoms with Gasteiger partial charge >= 0.3 is 0 Å². The normalized spacial score (nSPS) is 15.1. The lowest BCUT2D eigenvalue weighted by molar-refractivity contribution is -0.133. The zero-order valence-corrected chi connectivity index (χ0v) is 15.1. The topological polar surface area (TPSA) is 61.9 Å². The van der Waals surface area contributed by atoms with Gasteiger partial charge in [0, 0.05) is 38.1 Å². The number of amides is 2. The molecule has 1 aromatic rings. The van der Waals surface area contributed by atoms with Crippen molar-refractivity contribution in [3.63, 3.8) is 0 Å². The summed E-state index contributed by atoms with van der Waals surface area (Å²) in [5.41, 5.74) is 0.475. The Morgan fingerprint density at radius 1 is 1.29 bits per heavy atom. The van der Waals surface area contributed by atoms with Gasteiger partial charge in [-0.05, 0) is 18.2 Å². The average Bonchev–Trinajstić information content (AvgIpc) is 2.55. The van der Waals surface area contributed by atoms with Crippen molar-refractivity contribution in [3.05, 3.63) is 28.2 Å².